The van der Waals surface area contributed by atoms with Gasteiger partial charge in [-0.3, -0.25) is 14.4 Å². The van der Waals surface area contributed by atoms with Gasteiger partial charge in [-0.2, -0.15) is 0 Å². The lowest BCUT2D eigenvalue weighted by atomic mass is 10.2. The molecule has 2 heterocycles. The zero-order valence-electron chi connectivity index (χ0n) is 15.1. The topological polar surface area (TPSA) is 119 Å². The number of fused-ring (bicyclic) bond motifs is 1. The van der Waals surface area contributed by atoms with Gasteiger partial charge in [0.2, 0.25) is 11.8 Å². The third-order valence-electron chi connectivity index (χ3n) is 4.82. The summed E-state index contributed by atoms with van der Waals surface area (Å²) in [7, 11) is 0. The van der Waals surface area contributed by atoms with Gasteiger partial charge in [-0.1, -0.05) is 0 Å². The van der Waals surface area contributed by atoms with E-state index in [0.717, 1.165) is 0 Å². The smallest absolute Gasteiger partial charge is 0.330 e. The third kappa shape index (κ3) is 3.78. The van der Waals surface area contributed by atoms with Crippen molar-refractivity contribution in [3.05, 3.63) is 29.8 Å². The first-order valence-electron chi connectivity index (χ1n) is 8.58. The summed E-state index contributed by atoms with van der Waals surface area (Å²) in [4.78, 5) is 49.2. The fourth-order valence-corrected chi connectivity index (χ4v) is 4.68. The van der Waals surface area contributed by atoms with Crippen molar-refractivity contribution in [2.45, 2.75) is 43.7 Å². The molecule has 0 unspecified atom stereocenters. The van der Waals surface area contributed by atoms with E-state index < -0.39 is 29.9 Å². The number of ether oxygens (including phenoxy) is 1. The average molecular weight is 391 g/mol. The maximum absolute atomic E-state index is 12.5. The number of nitrogens with zero attached hydrogens (tertiary/aromatic N) is 1. The van der Waals surface area contributed by atoms with Crippen molar-refractivity contribution in [1.29, 1.82) is 0 Å². The minimum Gasteiger partial charge on any atom is -0.451 e. The summed E-state index contributed by atoms with van der Waals surface area (Å²) in [6.07, 6.45) is 0.102. The molecule has 8 nitrogen and oxygen atoms in total. The van der Waals surface area contributed by atoms with Gasteiger partial charge in [0.15, 0.2) is 6.10 Å². The summed E-state index contributed by atoms with van der Waals surface area (Å²) in [6, 6.07) is 5.39. The highest BCUT2D eigenvalue weighted by molar-refractivity contribution is 8.01. The van der Waals surface area contributed by atoms with E-state index in [1.807, 2.05) is 6.92 Å². The van der Waals surface area contributed by atoms with Gasteiger partial charge < -0.3 is 20.7 Å². The van der Waals surface area contributed by atoms with Crippen LogP contribution in [-0.2, 0) is 19.1 Å². The molecular formula is C18H21N3O5S. The van der Waals surface area contributed by atoms with E-state index >= 15 is 0 Å². The number of nitrogens with one attached hydrogen (secondary N) is 1. The highest BCUT2D eigenvalue weighted by Gasteiger charge is 2.53. The maximum atomic E-state index is 12.5. The Morgan fingerprint density at radius 2 is 2.00 bits per heavy atom. The van der Waals surface area contributed by atoms with Gasteiger partial charge >= 0.3 is 5.97 Å². The van der Waals surface area contributed by atoms with Crippen molar-refractivity contribution in [3.8, 4) is 0 Å². The van der Waals surface area contributed by atoms with Crippen molar-refractivity contribution < 1.29 is 23.9 Å². The minimum absolute atomic E-state index is 0.0592. The summed E-state index contributed by atoms with van der Waals surface area (Å²) < 4.78 is 5.30. The number of carbonyl (C=O) groups is 4. The first-order valence-corrected chi connectivity index (χ1v) is 9.57. The van der Waals surface area contributed by atoms with E-state index in [2.05, 4.69) is 5.32 Å². The molecule has 0 aromatic heterocycles. The van der Waals surface area contributed by atoms with Crippen LogP contribution >= 0.6 is 11.8 Å². The Labute approximate surface area is 160 Å². The number of hydrogen-bond acceptors (Lipinski definition) is 6. The van der Waals surface area contributed by atoms with E-state index in [0.29, 0.717) is 29.8 Å². The Morgan fingerprint density at radius 1 is 1.33 bits per heavy atom. The highest BCUT2D eigenvalue weighted by atomic mass is 32.2. The van der Waals surface area contributed by atoms with E-state index in [4.69, 9.17) is 10.5 Å². The predicted molar refractivity (Wildman–Crippen MR) is 99.9 cm³/mol. The van der Waals surface area contributed by atoms with Crippen molar-refractivity contribution >= 4 is 41.1 Å². The molecule has 2 aliphatic rings. The lowest BCUT2D eigenvalue weighted by Gasteiger charge is -2.29. The molecule has 27 heavy (non-hydrogen) atoms. The number of anilines is 1. The molecule has 2 fully saturated rings. The summed E-state index contributed by atoms with van der Waals surface area (Å²) in [5, 5.41) is 2.61. The number of primary amides is 1. The number of esters is 1. The van der Waals surface area contributed by atoms with Crippen molar-refractivity contribution in [1.82, 2.24) is 4.90 Å². The van der Waals surface area contributed by atoms with Crippen LogP contribution in [0.3, 0.4) is 0 Å². The number of carbonyl (C=O) groups excluding carboxylic acids is 4. The van der Waals surface area contributed by atoms with Gasteiger partial charge in [0, 0.05) is 23.4 Å². The molecule has 3 atom stereocenters. The zero-order valence-corrected chi connectivity index (χ0v) is 15.9. The maximum Gasteiger partial charge on any atom is 0.330 e. The van der Waals surface area contributed by atoms with Gasteiger partial charge in [-0.25, -0.2) is 4.79 Å². The molecule has 3 N–H and O–H groups in total. The molecule has 0 bridgehead atoms. The predicted octanol–water partition coefficient (Wildman–Crippen LogP) is 1.11. The molecular weight excluding hydrogens is 370 g/mol. The Bertz CT molecular complexity index is 797. The van der Waals surface area contributed by atoms with Crippen molar-refractivity contribution in [2.75, 3.05) is 11.1 Å². The summed E-state index contributed by atoms with van der Waals surface area (Å²) >= 11 is 1.56. The van der Waals surface area contributed by atoms with Gasteiger partial charge in [-0.15, -0.1) is 11.8 Å². The van der Waals surface area contributed by atoms with Crippen LogP contribution in [0.4, 0.5) is 5.69 Å². The van der Waals surface area contributed by atoms with Gasteiger partial charge in [0.1, 0.15) is 6.04 Å². The Hall–Kier alpha value is -2.55. The normalized spacial score (nSPS) is 25.0. The van der Waals surface area contributed by atoms with Gasteiger partial charge in [-0.05, 0) is 44.5 Å². The van der Waals surface area contributed by atoms with Crippen LogP contribution in [-0.4, -0.2) is 51.4 Å². The average Bonchev–Trinajstić information content (AvgIpc) is 3.11. The van der Waals surface area contributed by atoms with Crippen LogP contribution in [0.15, 0.2) is 24.3 Å². The molecule has 3 amide bonds. The summed E-state index contributed by atoms with van der Waals surface area (Å²) in [5.74, 6) is -1.24. The quantitative estimate of drug-likeness (QED) is 0.726. The van der Waals surface area contributed by atoms with Crippen LogP contribution in [0.25, 0.3) is 0 Å². The second-order valence-electron chi connectivity index (χ2n) is 6.78. The molecule has 144 valence electrons. The fourth-order valence-electron chi connectivity index (χ4n) is 3.26. The number of benzene rings is 1. The van der Waals surface area contributed by atoms with Crippen LogP contribution in [0, 0.1) is 0 Å². The number of thioether (sulfide) groups is 1. The first kappa shape index (κ1) is 19.2. The SMILES string of the molecule is C[C@H](OC(=O)[C@H]1CS[C@]2(C)CCC(=O)N12)C(=O)Nc1ccc(C(N)=O)cc1. The molecule has 2 aliphatic heterocycles. The Kier molecular flexibility index (Phi) is 5.14. The summed E-state index contributed by atoms with van der Waals surface area (Å²) in [5.41, 5.74) is 5.94. The van der Waals surface area contributed by atoms with Crippen LogP contribution in [0.5, 0.6) is 0 Å². The molecule has 0 aliphatic carbocycles. The molecule has 0 saturated carbocycles. The van der Waals surface area contributed by atoms with Crippen LogP contribution in [0.2, 0.25) is 0 Å². The Balaban J connectivity index is 1.58. The van der Waals surface area contributed by atoms with E-state index in [1.54, 1.807) is 16.7 Å². The number of nitrogens with two attached hydrogens (primary N) is 1. The van der Waals surface area contributed by atoms with E-state index in [9.17, 15) is 19.2 Å². The summed E-state index contributed by atoms with van der Waals surface area (Å²) in [6.45, 7) is 3.42. The van der Waals surface area contributed by atoms with Gasteiger partial charge in [0.05, 0.1) is 4.87 Å². The highest BCUT2D eigenvalue weighted by Crippen LogP contribution is 2.47. The second-order valence-corrected chi connectivity index (χ2v) is 8.28. The lowest BCUT2D eigenvalue weighted by molar-refractivity contribution is -0.160. The molecule has 2 saturated heterocycles. The fraction of sp³-hybridized carbons (Fsp3) is 0.444. The molecule has 9 heteroatoms. The lowest BCUT2D eigenvalue weighted by Crippen LogP contribution is -2.48. The van der Waals surface area contributed by atoms with Crippen LogP contribution < -0.4 is 11.1 Å². The third-order valence-corrected chi connectivity index (χ3v) is 6.32. The number of rotatable bonds is 5. The van der Waals surface area contributed by atoms with E-state index in [1.165, 1.54) is 31.2 Å². The molecule has 0 spiro atoms. The second kappa shape index (κ2) is 7.22. The minimum atomic E-state index is -1.03. The number of hydrogen-bond donors (Lipinski definition) is 2. The van der Waals surface area contributed by atoms with E-state index in [-0.39, 0.29) is 10.8 Å². The molecule has 3 rings (SSSR count). The zero-order chi connectivity index (χ0) is 19.8. The standard InChI is InChI=1S/C18H21N3O5S/c1-10(16(24)20-12-5-3-11(4-6-12)15(19)23)26-17(25)13-9-27-18(2)8-7-14(22)21(13)18/h3-6,10,13H,7-9H2,1-2H3,(H2,19,23)(H,20,24)/t10-,13+,18+/m0/s1. The van der Waals surface area contributed by atoms with Crippen molar-refractivity contribution in [3.63, 3.8) is 0 Å². The molecule has 0 radical (unpaired) electrons. The van der Waals surface area contributed by atoms with Gasteiger partial charge in [0.25, 0.3) is 5.91 Å². The Morgan fingerprint density at radius 3 is 2.63 bits per heavy atom. The first-order chi connectivity index (χ1) is 12.7. The molecule has 1 aromatic rings. The van der Waals surface area contributed by atoms with Crippen molar-refractivity contribution in [2.24, 2.45) is 5.73 Å². The van der Waals surface area contributed by atoms with Crippen LogP contribution in [0.1, 0.15) is 37.0 Å². The molecule has 1 aromatic carbocycles. The monoisotopic (exact) mass is 391 g/mol. The largest absolute Gasteiger partial charge is 0.451 e. The number of amides is 3.